The van der Waals surface area contributed by atoms with Crippen molar-refractivity contribution in [3.8, 4) is 0 Å². The quantitative estimate of drug-likeness (QED) is 0.530. The molecule has 0 spiro atoms. The van der Waals surface area contributed by atoms with Crippen LogP contribution < -0.4 is 0 Å². The Bertz CT molecular complexity index is 485. The minimum atomic E-state index is -1.48. The third-order valence-electron chi connectivity index (χ3n) is 3.59. The Labute approximate surface area is 147 Å². The highest BCUT2D eigenvalue weighted by Gasteiger charge is 2.50. The molecule has 0 radical (unpaired) electrons. The summed E-state index contributed by atoms with van der Waals surface area (Å²) in [5, 5.41) is 10.1. The Morgan fingerprint density at radius 2 is 1.28 bits per heavy atom. The highest BCUT2D eigenvalue weighted by atomic mass is 16.7. The average Bonchev–Trinajstić information content (AvgIpc) is 2.80. The van der Waals surface area contributed by atoms with Crippen LogP contribution in [0.25, 0.3) is 0 Å². The van der Waals surface area contributed by atoms with E-state index in [2.05, 4.69) is 0 Å². The molecule has 1 aliphatic rings. The topological polar surface area (TPSA) is 108 Å². The van der Waals surface area contributed by atoms with E-state index in [0.717, 1.165) is 0 Å². The van der Waals surface area contributed by atoms with E-state index >= 15 is 0 Å². The van der Waals surface area contributed by atoms with Crippen molar-refractivity contribution in [2.75, 3.05) is 6.61 Å². The van der Waals surface area contributed by atoms with E-state index < -0.39 is 54.3 Å². The van der Waals surface area contributed by atoms with E-state index in [1.165, 1.54) is 0 Å². The van der Waals surface area contributed by atoms with Crippen LogP contribution >= 0.6 is 0 Å². The van der Waals surface area contributed by atoms with Gasteiger partial charge in [-0.3, -0.25) is 14.4 Å². The zero-order valence-corrected chi connectivity index (χ0v) is 15.6. The first kappa shape index (κ1) is 21.4. The van der Waals surface area contributed by atoms with Gasteiger partial charge in [0.25, 0.3) is 0 Å². The van der Waals surface area contributed by atoms with Gasteiger partial charge in [-0.05, 0) is 0 Å². The zero-order chi connectivity index (χ0) is 19.3. The first-order valence-electron chi connectivity index (χ1n) is 8.45. The Balaban J connectivity index is 2.88. The minimum absolute atomic E-state index is 0.222. The summed E-state index contributed by atoms with van der Waals surface area (Å²) in [6.45, 7) is 9.71. The standard InChI is InChI=1S/C17H28O8/c1-8(2)14(18)22-7-11-12(24-15(19)9(3)4)13(17(21)23-11)25-16(20)10(5)6/h8-13,17,21H,7H2,1-6H3/t11-,12-,13-,17?/m1/s1. The summed E-state index contributed by atoms with van der Waals surface area (Å²) in [5.74, 6) is -2.72. The van der Waals surface area contributed by atoms with Crippen molar-refractivity contribution in [1.29, 1.82) is 0 Å². The zero-order valence-electron chi connectivity index (χ0n) is 15.6. The lowest BCUT2D eigenvalue weighted by Gasteiger charge is -2.24. The maximum atomic E-state index is 12.0. The third-order valence-corrected chi connectivity index (χ3v) is 3.59. The number of rotatable bonds is 7. The molecular formula is C17H28O8. The predicted octanol–water partition coefficient (Wildman–Crippen LogP) is 1.04. The highest BCUT2D eigenvalue weighted by molar-refractivity contribution is 5.73. The smallest absolute Gasteiger partial charge is 0.308 e. The van der Waals surface area contributed by atoms with Crippen LogP contribution in [-0.4, -0.2) is 54.2 Å². The summed E-state index contributed by atoms with van der Waals surface area (Å²) >= 11 is 0. The first-order valence-corrected chi connectivity index (χ1v) is 8.45. The van der Waals surface area contributed by atoms with Gasteiger partial charge in [-0.15, -0.1) is 0 Å². The molecule has 1 saturated heterocycles. The maximum Gasteiger partial charge on any atom is 0.308 e. The van der Waals surface area contributed by atoms with E-state index in [-0.39, 0.29) is 12.5 Å². The fourth-order valence-electron chi connectivity index (χ4n) is 1.98. The summed E-state index contributed by atoms with van der Waals surface area (Å²) in [5.41, 5.74) is 0. The highest BCUT2D eigenvalue weighted by Crippen LogP contribution is 2.27. The molecule has 0 aromatic rings. The van der Waals surface area contributed by atoms with Crippen molar-refractivity contribution in [2.45, 2.75) is 66.1 Å². The molecule has 1 unspecified atom stereocenters. The van der Waals surface area contributed by atoms with Gasteiger partial charge in [0.1, 0.15) is 12.7 Å². The van der Waals surface area contributed by atoms with Crippen molar-refractivity contribution in [3.63, 3.8) is 0 Å². The second-order valence-corrected chi connectivity index (χ2v) is 6.96. The molecular weight excluding hydrogens is 332 g/mol. The molecule has 1 rings (SSSR count). The second-order valence-electron chi connectivity index (χ2n) is 6.96. The van der Waals surface area contributed by atoms with Crippen molar-refractivity contribution in [2.24, 2.45) is 17.8 Å². The molecule has 0 aliphatic carbocycles. The van der Waals surface area contributed by atoms with Gasteiger partial charge < -0.3 is 24.1 Å². The van der Waals surface area contributed by atoms with Gasteiger partial charge in [0.15, 0.2) is 18.5 Å². The summed E-state index contributed by atoms with van der Waals surface area (Å²) in [7, 11) is 0. The molecule has 1 N–H and O–H groups in total. The molecule has 1 heterocycles. The van der Waals surface area contributed by atoms with Crippen molar-refractivity contribution in [3.05, 3.63) is 0 Å². The van der Waals surface area contributed by atoms with Crippen LogP contribution in [0.2, 0.25) is 0 Å². The van der Waals surface area contributed by atoms with Crippen LogP contribution in [0.3, 0.4) is 0 Å². The van der Waals surface area contributed by atoms with Crippen LogP contribution in [0, 0.1) is 17.8 Å². The minimum Gasteiger partial charge on any atom is -0.463 e. The van der Waals surface area contributed by atoms with Gasteiger partial charge in [-0.2, -0.15) is 0 Å². The van der Waals surface area contributed by atoms with E-state index in [4.69, 9.17) is 18.9 Å². The number of carbonyl (C=O) groups excluding carboxylic acids is 3. The van der Waals surface area contributed by atoms with Gasteiger partial charge in [0, 0.05) is 0 Å². The number of aliphatic hydroxyl groups excluding tert-OH is 1. The van der Waals surface area contributed by atoms with Crippen LogP contribution in [0.1, 0.15) is 41.5 Å². The summed E-state index contributed by atoms with van der Waals surface area (Å²) in [4.78, 5) is 35.4. The lowest BCUT2D eigenvalue weighted by atomic mass is 10.1. The molecule has 144 valence electrons. The van der Waals surface area contributed by atoms with Gasteiger partial charge in [0.2, 0.25) is 0 Å². The van der Waals surface area contributed by atoms with E-state index in [9.17, 15) is 19.5 Å². The first-order chi connectivity index (χ1) is 11.5. The molecule has 0 saturated carbocycles. The van der Waals surface area contributed by atoms with Gasteiger partial charge in [-0.25, -0.2) is 0 Å². The average molecular weight is 360 g/mol. The molecule has 0 aromatic heterocycles. The largest absolute Gasteiger partial charge is 0.463 e. The maximum absolute atomic E-state index is 12.0. The number of hydrogen-bond acceptors (Lipinski definition) is 8. The van der Waals surface area contributed by atoms with Crippen molar-refractivity contribution >= 4 is 17.9 Å². The van der Waals surface area contributed by atoms with Gasteiger partial charge in [0.05, 0.1) is 17.8 Å². The molecule has 1 fully saturated rings. The van der Waals surface area contributed by atoms with Crippen molar-refractivity contribution in [1.82, 2.24) is 0 Å². The van der Waals surface area contributed by atoms with Crippen LogP contribution in [0.15, 0.2) is 0 Å². The molecule has 0 amide bonds. The fraction of sp³-hybridized carbons (Fsp3) is 0.824. The number of ether oxygens (including phenoxy) is 4. The Morgan fingerprint density at radius 3 is 1.72 bits per heavy atom. The van der Waals surface area contributed by atoms with Crippen LogP contribution in [0.4, 0.5) is 0 Å². The number of hydrogen-bond donors (Lipinski definition) is 1. The Kier molecular flexibility index (Phi) is 7.82. The van der Waals surface area contributed by atoms with E-state index in [0.29, 0.717) is 0 Å². The number of aliphatic hydroxyl groups is 1. The van der Waals surface area contributed by atoms with Crippen LogP contribution in [0.5, 0.6) is 0 Å². The molecule has 8 nitrogen and oxygen atoms in total. The van der Waals surface area contributed by atoms with E-state index in [1.54, 1.807) is 41.5 Å². The summed E-state index contributed by atoms with van der Waals surface area (Å²) in [6, 6.07) is 0. The van der Waals surface area contributed by atoms with Crippen molar-refractivity contribution < 1.29 is 38.4 Å². The predicted molar refractivity (Wildman–Crippen MR) is 86.1 cm³/mol. The Morgan fingerprint density at radius 1 is 0.840 bits per heavy atom. The molecule has 1 aliphatic heterocycles. The third kappa shape index (κ3) is 5.97. The lowest BCUT2D eigenvalue weighted by molar-refractivity contribution is -0.180. The lowest BCUT2D eigenvalue weighted by Crippen LogP contribution is -2.43. The number of esters is 3. The molecule has 25 heavy (non-hydrogen) atoms. The van der Waals surface area contributed by atoms with Crippen LogP contribution in [-0.2, 0) is 33.3 Å². The SMILES string of the molecule is CC(C)C(=O)OC[C@H]1OC(O)[C@H](OC(=O)C(C)C)[C@@H]1OC(=O)C(C)C. The Hall–Kier alpha value is -1.67. The molecule has 0 aromatic carbocycles. The molecule has 4 atom stereocenters. The molecule has 0 bridgehead atoms. The summed E-state index contributed by atoms with van der Waals surface area (Å²) in [6.07, 6.45) is -4.64. The van der Waals surface area contributed by atoms with Gasteiger partial charge >= 0.3 is 17.9 Å². The van der Waals surface area contributed by atoms with Gasteiger partial charge in [-0.1, -0.05) is 41.5 Å². The second kappa shape index (κ2) is 9.15. The monoisotopic (exact) mass is 360 g/mol. The normalized spacial score (nSPS) is 26.2. The molecule has 8 heteroatoms. The van der Waals surface area contributed by atoms with E-state index in [1.807, 2.05) is 0 Å². The fourth-order valence-corrected chi connectivity index (χ4v) is 1.98. The summed E-state index contributed by atoms with van der Waals surface area (Å²) < 4.78 is 21.0. The number of carbonyl (C=O) groups is 3.